The van der Waals surface area contributed by atoms with Crippen LogP contribution in [0.3, 0.4) is 0 Å². The van der Waals surface area contributed by atoms with Crippen LogP contribution in [0.2, 0.25) is 0 Å². The number of nitrogens with two attached hydrogens (primary N) is 1. The minimum atomic E-state index is -0.801. The van der Waals surface area contributed by atoms with Crippen molar-refractivity contribution in [3.63, 3.8) is 0 Å². The Labute approximate surface area is 80.3 Å². The lowest BCUT2D eigenvalue weighted by Gasteiger charge is -2.17. The highest BCUT2D eigenvalue weighted by Gasteiger charge is 2.12. The maximum Gasteiger partial charge on any atom is 0.304 e. The lowest BCUT2D eigenvalue weighted by Crippen LogP contribution is -2.24. The van der Waals surface area contributed by atoms with Crippen molar-refractivity contribution in [2.24, 2.45) is 17.6 Å². The first-order valence-electron chi connectivity index (χ1n) is 4.90. The fraction of sp³-hybridized carbons (Fsp3) is 0.900. The van der Waals surface area contributed by atoms with Crippen LogP contribution >= 0.6 is 0 Å². The molecule has 3 nitrogen and oxygen atoms in total. The lowest BCUT2D eigenvalue weighted by atomic mass is 9.91. The summed E-state index contributed by atoms with van der Waals surface area (Å²) in [5, 5.41) is 8.48. The molecule has 0 saturated heterocycles. The normalized spacial score (nSPS) is 15.8. The summed E-state index contributed by atoms with van der Waals surface area (Å²) in [5.41, 5.74) is 5.64. The molecule has 0 aromatic rings. The summed E-state index contributed by atoms with van der Waals surface area (Å²) in [6.07, 6.45) is 1.92. The zero-order valence-corrected chi connectivity index (χ0v) is 8.79. The van der Waals surface area contributed by atoms with Gasteiger partial charge < -0.3 is 10.8 Å². The first kappa shape index (κ1) is 12.4. The second kappa shape index (κ2) is 5.97. The van der Waals surface area contributed by atoms with E-state index in [2.05, 4.69) is 20.8 Å². The Morgan fingerprint density at radius 2 is 1.85 bits per heavy atom. The Morgan fingerprint density at radius 3 is 2.23 bits per heavy atom. The van der Waals surface area contributed by atoms with E-state index in [1.165, 1.54) is 0 Å². The lowest BCUT2D eigenvalue weighted by molar-refractivity contribution is -0.137. The predicted molar refractivity (Wildman–Crippen MR) is 53.5 cm³/mol. The Morgan fingerprint density at radius 1 is 1.31 bits per heavy atom. The number of carboxylic acid groups (broad SMARTS) is 1. The van der Waals surface area contributed by atoms with Crippen LogP contribution in [0.15, 0.2) is 0 Å². The van der Waals surface area contributed by atoms with Gasteiger partial charge in [-0.25, -0.2) is 0 Å². The van der Waals surface area contributed by atoms with Gasteiger partial charge in [0.15, 0.2) is 0 Å². The molecular weight excluding hydrogens is 166 g/mol. The van der Waals surface area contributed by atoms with Crippen molar-refractivity contribution in [3.8, 4) is 0 Å². The zero-order chi connectivity index (χ0) is 10.4. The highest BCUT2D eigenvalue weighted by molar-refractivity contribution is 5.67. The Balaban J connectivity index is 3.57. The van der Waals surface area contributed by atoms with E-state index in [1.807, 2.05) is 0 Å². The van der Waals surface area contributed by atoms with Crippen molar-refractivity contribution in [3.05, 3.63) is 0 Å². The van der Waals surface area contributed by atoms with Crippen molar-refractivity contribution in [2.45, 2.75) is 46.1 Å². The third kappa shape index (κ3) is 6.58. The van der Waals surface area contributed by atoms with Crippen LogP contribution in [0.1, 0.15) is 40.0 Å². The third-order valence-corrected chi connectivity index (χ3v) is 2.57. The van der Waals surface area contributed by atoms with Gasteiger partial charge >= 0.3 is 5.97 Å². The van der Waals surface area contributed by atoms with E-state index in [0.717, 1.165) is 12.8 Å². The molecule has 0 heterocycles. The summed E-state index contributed by atoms with van der Waals surface area (Å²) in [6, 6.07) is -0.182. The van der Waals surface area contributed by atoms with Gasteiger partial charge in [-0.05, 0) is 24.7 Å². The summed E-state index contributed by atoms with van der Waals surface area (Å²) >= 11 is 0. The average molecular weight is 187 g/mol. The number of hydrogen-bond donors (Lipinski definition) is 2. The van der Waals surface area contributed by atoms with E-state index in [0.29, 0.717) is 11.8 Å². The molecule has 0 aromatic carbocycles. The standard InChI is InChI=1S/C10H21NO2/c1-7(2)8(3)4-5-9(11)6-10(12)13/h7-9H,4-6,11H2,1-3H3,(H,12,13). The summed E-state index contributed by atoms with van der Waals surface area (Å²) < 4.78 is 0. The van der Waals surface area contributed by atoms with Gasteiger partial charge in [0.05, 0.1) is 6.42 Å². The molecule has 2 atom stereocenters. The average Bonchev–Trinajstić information content (AvgIpc) is 1.98. The van der Waals surface area contributed by atoms with E-state index >= 15 is 0 Å². The molecule has 0 bridgehead atoms. The monoisotopic (exact) mass is 187 g/mol. The minimum absolute atomic E-state index is 0.0881. The molecule has 78 valence electrons. The number of hydrogen-bond acceptors (Lipinski definition) is 2. The molecule has 0 spiro atoms. The molecule has 0 aliphatic heterocycles. The number of carboxylic acids is 1. The van der Waals surface area contributed by atoms with Crippen molar-refractivity contribution in [1.82, 2.24) is 0 Å². The summed E-state index contributed by atoms with van der Waals surface area (Å²) in [5.74, 6) is 0.474. The maximum atomic E-state index is 10.3. The molecule has 0 aliphatic rings. The quantitative estimate of drug-likeness (QED) is 0.667. The van der Waals surface area contributed by atoms with Gasteiger partial charge in [-0.3, -0.25) is 4.79 Å². The van der Waals surface area contributed by atoms with Crippen LogP contribution in [0.4, 0.5) is 0 Å². The molecule has 13 heavy (non-hydrogen) atoms. The number of carbonyl (C=O) groups is 1. The number of rotatable bonds is 6. The van der Waals surface area contributed by atoms with E-state index in [-0.39, 0.29) is 12.5 Å². The largest absolute Gasteiger partial charge is 0.481 e. The summed E-state index contributed by atoms with van der Waals surface area (Å²) in [6.45, 7) is 6.53. The van der Waals surface area contributed by atoms with Gasteiger partial charge in [0.2, 0.25) is 0 Å². The Kier molecular flexibility index (Phi) is 5.71. The van der Waals surface area contributed by atoms with Crippen LogP contribution in [0, 0.1) is 11.8 Å². The molecule has 0 radical (unpaired) electrons. The Hall–Kier alpha value is -0.570. The van der Waals surface area contributed by atoms with Gasteiger partial charge in [-0.2, -0.15) is 0 Å². The molecule has 0 aromatic heterocycles. The molecular formula is C10H21NO2. The fourth-order valence-corrected chi connectivity index (χ4v) is 1.14. The molecule has 3 N–H and O–H groups in total. The van der Waals surface area contributed by atoms with Crippen molar-refractivity contribution in [1.29, 1.82) is 0 Å². The second-order valence-electron chi connectivity index (χ2n) is 4.16. The molecule has 0 fully saturated rings. The van der Waals surface area contributed by atoms with Crippen LogP contribution in [0.5, 0.6) is 0 Å². The maximum absolute atomic E-state index is 10.3. The predicted octanol–water partition coefficient (Wildman–Crippen LogP) is 1.86. The third-order valence-electron chi connectivity index (χ3n) is 2.57. The highest BCUT2D eigenvalue weighted by atomic mass is 16.4. The molecule has 2 unspecified atom stereocenters. The van der Waals surface area contributed by atoms with Gasteiger partial charge in [-0.1, -0.05) is 20.8 Å². The van der Waals surface area contributed by atoms with Crippen LogP contribution < -0.4 is 5.73 Å². The Bertz CT molecular complexity index is 157. The zero-order valence-electron chi connectivity index (χ0n) is 8.79. The molecule has 3 heteroatoms. The smallest absolute Gasteiger partial charge is 0.304 e. The van der Waals surface area contributed by atoms with Gasteiger partial charge in [0.25, 0.3) is 0 Å². The van der Waals surface area contributed by atoms with Gasteiger partial charge in [0.1, 0.15) is 0 Å². The molecule has 0 saturated carbocycles. The van der Waals surface area contributed by atoms with Crippen molar-refractivity contribution in [2.75, 3.05) is 0 Å². The first-order chi connectivity index (χ1) is 5.93. The van der Waals surface area contributed by atoms with Gasteiger partial charge in [-0.15, -0.1) is 0 Å². The molecule has 0 aliphatic carbocycles. The van der Waals surface area contributed by atoms with Crippen molar-refractivity contribution >= 4 is 5.97 Å². The van der Waals surface area contributed by atoms with E-state index in [9.17, 15) is 4.79 Å². The van der Waals surface area contributed by atoms with Gasteiger partial charge in [0, 0.05) is 6.04 Å². The highest BCUT2D eigenvalue weighted by Crippen LogP contribution is 2.17. The van der Waals surface area contributed by atoms with Crippen molar-refractivity contribution < 1.29 is 9.90 Å². The van der Waals surface area contributed by atoms with Crippen LogP contribution in [-0.2, 0) is 4.79 Å². The topological polar surface area (TPSA) is 63.3 Å². The SMILES string of the molecule is CC(C)C(C)CCC(N)CC(=O)O. The fourth-order valence-electron chi connectivity index (χ4n) is 1.14. The first-order valence-corrected chi connectivity index (χ1v) is 4.90. The van der Waals surface area contributed by atoms with Crippen LogP contribution in [0.25, 0.3) is 0 Å². The minimum Gasteiger partial charge on any atom is -0.481 e. The molecule has 0 amide bonds. The molecule has 0 rings (SSSR count). The summed E-state index contributed by atoms with van der Waals surface area (Å²) in [7, 11) is 0. The number of aliphatic carboxylic acids is 1. The van der Waals surface area contributed by atoms with E-state index in [4.69, 9.17) is 10.8 Å². The second-order valence-corrected chi connectivity index (χ2v) is 4.16. The summed E-state index contributed by atoms with van der Waals surface area (Å²) in [4.78, 5) is 10.3. The van der Waals surface area contributed by atoms with E-state index < -0.39 is 5.97 Å². The van der Waals surface area contributed by atoms with E-state index in [1.54, 1.807) is 0 Å². The van der Waals surface area contributed by atoms with Crippen LogP contribution in [-0.4, -0.2) is 17.1 Å².